The topological polar surface area (TPSA) is 66.0 Å². The van der Waals surface area contributed by atoms with Crippen LogP contribution in [-0.2, 0) is 16.7 Å². The van der Waals surface area contributed by atoms with E-state index < -0.39 is 0 Å². The lowest BCUT2D eigenvalue weighted by molar-refractivity contribution is 0.112. The van der Waals surface area contributed by atoms with Crippen LogP contribution in [0.3, 0.4) is 0 Å². The number of ether oxygens (including phenoxy) is 1. The molecule has 0 amide bonds. The highest BCUT2D eigenvalue weighted by Gasteiger charge is 2.23. The van der Waals surface area contributed by atoms with Gasteiger partial charge in [0, 0.05) is 12.0 Å². The van der Waals surface area contributed by atoms with Gasteiger partial charge in [-0.3, -0.25) is 0 Å². The molecule has 0 aliphatic carbocycles. The standard InChI is InChI=1S/C13H26N4O/c1-10(2)6-8-18-9-7-17-11(13(3,4)5)12(14)15-16-17/h10H,6-9,14H2,1-5H3. The highest BCUT2D eigenvalue weighted by molar-refractivity contribution is 5.37. The first kappa shape index (κ1) is 15.0. The van der Waals surface area contributed by atoms with Crippen molar-refractivity contribution in [2.45, 2.75) is 53.0 Å². The summed E-state index contributed by atoms with van der Waals surface area (Å²) in [6.07, 6.45) is 1.09. The van der Waals surface area contributed by atoms with E-state index in [0.29, 0.717) is 24.9 Å². The van der Waals surface area contributed by atoms with Gasteiger partial charge >= 0.3 is 0 Å². The monoisotopic (exact) mass is 254 g/mol. The lowest BCUT2D eigenvalue weighted by Gasteiger charge is -2.20. The lowest BCUT2D eigenvalue weighted by atomic mass is 9.92. The van der Waals surface area contributed by atoms with Crippen LogP contribution in [0.15, 0.2) is 0 Å². The van der Waals surface area contributed by atoms with Gasteiger partial charge in [0.05, 0.1) is 18.8 Å². The molecule has 0 aliphatic rings. The van der Waals surface area contributed by atoms with Crippen LogP contribution in [0, 0.1) is 5.92 Å². The van der Waals surface area contributed by atoms with Crippen molar-refractivity contribution in [3.8, 4) is 0 Å². The van der Waals surface area contributed by atoms with Crippen molar-refractivity contribution < 1.29 is 4.74 Å². The molecule has 0 bridgehead atoms. The third kappa shape index (κ3) is 4.29. The predicted molar refractivity (Wildman–Crippen MR) is 73.4 cm³/mol. The Hall–Kier alpha value is -1.10. The second kappa shape index (κ2) is 6.18. The average molecular weight is 254 g/mol. The highest BCUT2D eigenvalue weighted by Crippen LogP contribution is 2.25. The van der Waals surface area contributed by atoms with Crippen molar-refractivity contribution in [3.05, 3.63) is 5.69 Å². The number of nitrogens with two attached hydrogens (primary N) is 1. The van der Waals surface area contributed by atoms with E-state index in [9.17, 15) is 0 Å². The molecule has 0 spiro atoms. The van der Waals surface area contributed by atoms with Crippen molar-refractivity contribution >= 4 is 5.82 Å². The minimum absolute atomic E-state index is 0.0501. The number of aromatic nitrogens is 3. The van der Waals surface area contributed by atoms with Crippen molar-refractivity contribution in [3.63, 3.8) is 0 Å². The predicted octanol–water partition coefficient (Wildman–Crippen LogP) is 2.22. The Balaban J connectivity index is 2.48. The van der Waals surface area contributed by atoms with Gasteiger partial charge < -0.3 is 10.5 Å². The molecule has 1 aromatic rings. The maximum atomic E-state index is 5.86. The normalized spacial score (nSPS) is 12.3. The van der Waals surface area contributed by atoms with Crippen molar-refractivity contribution in [2.24, 2.45) is 5.92 Å². The van der Waals surface area contributed by atoms with Crippen LogP contribution < -0.4 is 5.73 Å². The van der Waals surface area contributed by atoms with Crippen molar-refractivity contribution in [2.75, 3.05) is 18.9 Å². The van der Waals surface area contributed by atoms with Gasteiger partial charge in [-0.15, -0.1) is 5.10 Å². The van der Waals surface area contributed by atoms with E-state index in [1.54, 1.807) is 0 Å². The van der Waals surface area contributed by atoms with Crippen LogP contribution in [0.25, 0.3) is 0 Å². The molecule has 5 nitrogen and oxygen atoms in total. The lowest BCUT2D eigenvalue weighted by Crippen LogP contribution is -2.21. The molecule has 18 heavy (non-hydrogen) atoms. The quantitative estimate of drug-likeness (QED) is 0.790. The summed E-state index contributed by atoms with van der Waals surface area (Å²) in [5, 5.41) is 8.02. The molecule has 0 unspecified atom stereocenters. The number of hydrogen-bond acceptors (Lipinski definition) is 4. The summed E-state index contributed by atoms with van der Waals surface area (Å²) >= 11 is 0. The van der Waals surface area contributed by atoms with Gasteiger partial charge in [-0.25, -0.2) is 4.68 Å². The smallest absolute Gasteiger partial charge is 0.169 e. The van der Waals surface area contributed by atoms with Crippen LogP contribution in [0.4, 0.5) is 5.82 Å². The molecular weight excluding hydrogens is 228 g/mol. The van der Waals surface area contributed by atoms with Crippen LogP contribution in [0.1, 0.15) is 46.7 Å². The molecular formula is C13H26N4O. The zero-order chi connectivity index (χ0) is 13.8. The summed E-state index contributed by atoms with van der Waals surface area (Å²) in [7, 11) is 0. The fourth-order valence-corrected chi connectivity index (χ4v) is 1.83. The number of rotatable bonds is 6. The summed E-state index contributed by atoms with van der Waals surface area (Å²) < 4.78 is 7.45. The molecule has 1 rings (SSSR count). The molecule has 0 aliphatic heterocycles. The van der Waals surface area contributed by atoms with Gasteiger partial charge in [-0.1, -0.05) is 39.8 Å². The molecule has 1 aromatic heterocycles. The molecule has 0 radical (unpaired) electrons. The zero-order valence-corrected chi connectivity index (χ0v) is 12.2. The Labute approximate surface area is 110 Å². The zero-order valence-electron chi connectivity index (χ0n) is 12.2. The molecule has 0 aromatic carbocycles. The number of anilines is 1. The third-order valence-corrected chi connectivity index (χ3v) is 2.76. The first-order valence-corrected chi connectivity index (χ1v) is 6.59. The minimum Gasteiger partial charge on any atom is -0.381 e. The summed E-state index contributed by atoms with van der Waals surface area (Å²) in [5.41, 5.74) is 6.79. The molecule has 5 heteroatoms. The van der Waals surface area contributed by atoms with E-state index >= 15 is 0 Å². The van der Waals surface area contributed by atoms with Gasteiger partial charge in [0.15, 0.2) is 5.82 Å². The molecule has 0 saturated carbocycles. The van der Waals surface area contributed by atoms with Crippen LogP contribution in [0.5, 0.6) is 0 Å². The first-order chi connectivity index (χ1) is 8.32. The number of hydrogen-bond donors (Lipinski definition) is 1. The van der Waals surface area contributed by atoms with Crippen LogP contribution >= 0.6 is 0 Å². The number of nitrogen functional groups attached to an aromatic ring is 1. The van der Waals surface area contributed by atoms with E-state index in [1.807, 2.05) is 4.68 Å². The minimum atomic E-state index is -0.0501. The molecule has 0 atom stereocenters. The SMILES string of the molecule is CC(C)CCOCCn1nnc(N)c1C(C)(C)C. The molecule has 0 fully saturated rings. The summed E-state index contributed by atoms with van der Waals surface area (Å²) in [4.78, 5) is 0. The Morgan fingerprint density at radius 3 is 2.50 bits per heavy atom. The maximum Gasteiger partial charge on any atom is 0.169 e. The second-order valence-electron chi connectivity index (χ2n) is 6.09. The largest absolute Gasteiger partial charge is 0.381 e. The van der Waals surface area contributed by atoms with E-state index in [0.717, 1.165) is 18.7 Å². The summed E-state index contributed by atoms with van der Waals surface area (Å²) in [5.74, 6) is 1.20. The second-order valence-corrected chi connectivity index (χ2v) is 6.09. The van der Waals surface area contributed by atoms with E-state index in [-0.39, 0.29) is 5.41 Å². The summed E-state index contributed by atoms with van der Waals surface area (Å²) in [6, 6.07) is 0. The van der Waals surface area contributed by atoms with Crippen LogP contribution in [0.2, 0.25) is 0 Å². The Morgan fingerprint density at radius 1 is 1.28 bits per heavy atom. The average Bonchev–Trinajstić information content (AvgIpc) is 2.58. The van der Waals surface area contributed by atoms with E-state index in [2.05, 4.69) is 44.9 Å². The van der Waals surface area contributed by atoms with E-state index in [1.165, 1.54) is 0 Å². The molecule has 2 N–H and O–H groups in total. The van der Waals surface area contributed by atoms with Crippen molar-refractivity contribution in [1.29, 1.82) is 0 Å². The summed E-state index contributed by atoms with van der Waals surface area (Å²) in [6.45, 7) is 12.9. The Bertz CT molecular complexity index is 366. The highest BCUT2D eigenvalue weighted by atomic mass is 16.5. The van der Waals surface area contributed by atoms with E-state index in [4.69, 9.17) is 10.5 Å². The van der Waals surface area contributed by atoms with Gasteiger partial charge in [-0.05, 0) is 12.3 Å². The Morgan fingerprint density at radius 2 is 1.94 bits per heavy atom. The molecule has 0 saturated heterocycles. The van der Waals surface area contributed by atoms with Gasteiger partial charge in [0.25, 0.3) is 0 Å². The van der Waals surface area contributed by atoms with Crippen LogP contribution in [-0.4, -0.2) is 28.2 Å². The molecule has 1 heterocycles. The first-order valence-electron chi connectivity index (χ1n) is 6.59. The van der Waals surface area contributed by atoms with Gasteiger partial charge in [-0.2, -0.15) is 0 Å². The number of nitrogens with zero attached hydrogens (tertiary/aromatic N) is 3. The molecule has 104 valence electrons. The fourth-order valence-electron chi connectivity index (χ4n) is 1.83. The van der Waals surface area contributed by atoms with Crippen molar-refractivity contribution in [1.82, 2.24) is 15.0 Å². The van der Waals surface area contributed by atoms with Gasteiger partial charge in [0.2, 0.25) is 0 Å². The fraction of sp³-hybridized carbons (Fsp3) is 0.846. The third-order valence-electron chi connectivity index (χ3n) is 2.76. The maximum absolute atomic E-state index is 5.86. The van der Waals surface area contributed by atoms with Gasteiger partial charge in [0.1, 0.15) is 0 Å². The Kier molecular flexibility index (Phi) is 5.14.